The van der Waals surface area contributed by atoms with Crippen molar-refractivity contribution in [2.75, 3.05) is 13.7 Å². The Labute approximate surface area is 88.7 Å². The Bertz CT molecular complexity index is 371. The molecule has 5 nitrogen and oxygen atoms in total. The third kappa shape index (κ3) is 2.18. The van der Waals surface area contributed by atoms with Gasteiger partial charge in [0, 0.05) is 12.8 Å². The summed E-state index contributed by atoms with van der Waals surface area (Å²) >= 11 is 0. The number of rotatable bonds is 4. The van der Waals surface area contributed by atoms with Crippen LogP contribution in [0.1, 0.15) is 23.0 Å². The molecule has 0 aliphatic heterocycles. The molecule has 1 heterocycles. The maximum absolute atomic E-state index is 11.0. The molecule has 0 spiro atoms. The van der Waals surface area contributed by atoms with Crippen molar-refractivity contribution < 1.29 is 14.6 Å². The highest BCUT2D eigenvalue weighted by Gasteiger charge is 2.23. The Hall–Kier alpha value is -1.36. The molecule has 0 saturated heterocycles. The zero-order chi connectivity index (χ0) is 11.6. The Kier molecular flexibility index (Phi) is 3.47. The summed E-state index contributed by atoms with van der Waals surface area (Å²) in [5, 5.41) is 13.2. The van der Waals surface area contributed by atoms with Gasteiger partial charge in [0.1, 0.15) is 0 Å². The normalized spacial score (nSPS) is 12.8. The predicted octanol–water partition coefficient (Wildman–Crippen LogP) is 1.08. The van der Waals surface area contributed by atoms with Crippen molar-refractivity contribution in [3.05, 3.63) is 17.0 Å². The summed E-state index contributed by atoms with van der Waals surface area (Å²) in [4.78, 5) is 11.0. The number of aliphatic carboxylic acids is 1. The van der Waals surface area contributed by atoms with Crippen molar-refractivity contribution in [2.45, 2.75) is 26.8 Å². The molecule has 1 rings (SSSR count). The van der Waals surface area contributed by atoms with Crippen molar-refractivity contribution >= 4 is 5.97 Å². The SMILES string of the molecule is COCC(C(=O)O)n1nc(C)c(C)c1C. The average Bonchev–Trinajstić information content (AvgIpc) is 2.42. The van der Waals surface area contributed by atoms with E-state index in [0.29, 0.717) is 0 Å². The van der Waals surface area contributed by atoms with Crippen LogP contribution in [-0.2, 0) is 9.53 Å². The lowest BCUT2D eigenvalue weighted by Crippen LogP contribution is -2.25. The molecule has 0 bridgehead atoms. The van der Waals surface area contributed by atoms with E-state index in [1.54, 1.807) is 0 Å². The van der Waals surface area contributed by atoms with Crippen molar-refractivity contribution in [3.8, 4) is 0 Å². The molecule has 1 unspecified atom stereocenters. The predicted molar refractivity (Wildman–Crippen MR) is 55.0 cm³/mol. The monoisotopic (exact) mass is 212 g/mol. The van der Waals surface area contributed by atoms with Crippen LogP contribution in [0.25, 0.3) is 0 Å². The molecular formula is C10H16N2O3. The van der Waals surface area contributed by atoms with Gasteiger partial charge in [0.05, 0.1) is 12.3 Å². The van der Waals surface area contributed by atoms with Gasteiger partial charge in [-0.3, -0.25) is 4.68 Å². The van der Waals surface area contributed by atoms with Gasteiger partial charge in [-0.2, -0.15) is 5.10 Å². The summed E-state index contributed by atoms with van der Waals surface area (Å²) in [6.45, 7) is 5.78. The van der Waals surface area contributed by atoms with Gasteiger partial charge in [0.2, 0.25) is 0 Å². The summed E-state index contributed by atoms with van der Waals surface area (Å²) in [6, 6.07) is -0.748. The fourth-order valence-electron chi connectivity index (χ4n) is 1.45. The standard InChI is InChI=1S/C10H16N2O3/c1-6-7(2)11-12(8(6)3)9(5-15-4)10(13)14/h9H,5H2,1-4H3,(H,13,14). The number of nitrogens with zero attached hydrogens (tertiary/aromatic N) is 2. The second-order valence-electron chi connectivity index (χ2n) is 3.55. The maximum atomic E-state index is 11.0. The van der Waals surface area contributed by atoms with Gasteiger partial charge in [-0.15, -0.1) is 0 Å². The van der Waals surface area contributed by atoms with Gasteiger partial charge in [-0.25, -0.2) is 4.79 Å². The Morgan fingerprint density at radius 1 is 1.53 bits per heavy atom. The van der Waals surface area contributed by atoms with Crippen LogP contribution in [0.15, 0.2) is 0 Å². The summed E-state index contributed by atoms with van der Waals surface area (Å²) in [7, 11) is 1.48. The van der Waals surface area contributed by atoms with E-state index < -0.39 is 12.0 Å². The van der Waals surface area contributed by atoms with Gasteiger partial charge in [-0.1, -0.05) is 0 Å². The molecule has 0 aliphatic carbocycles. The largest absolute Gasteiger partial charge is 0.480 e. The molecule has 1 atom stereocenters. The summed E-state index contributed by atoms with van der Waals surface area (Å²) < 4.78 is 6.39. The van der Waals surface area contributed by atoms with Gasteiger partial charge >= 0.3 is 5.97 Å². The Morgan fingerprint density at radius 2 is 2.13 bits per heavy atom. The van der Waals surface area contributed by atoms with Crippen molar-refractivity contribution in [3.63, 3.8) is 0 Å². The van der Waals surface area contributed by atoms with Crippen LogP contribution in [0.3, 0.4) is 0 Å². The molecule has 84 valence electrons. The second-order valence-corrected chi connectivity index (χ2v) is 3.55. The topological polar surface area (TPSA) is 64.3 Å². The lowest BCUT2D eigenvalue weighted by atomic mass is 10.2. The van der Waals surface area contributed by atoms with E-state index in [-0.39, 0.29) is 6.61 Å². The lowest BCUT2D eigenvalue weighted by molar-refractivity contribution is -0.143. The number of ether oxygens (including phenoxy) is 1. The number of hydrogen-bond acceptors (Lipinski definition) is 3. The number of methoxy groups -OCH3 is 1. The van der Waals surface area contributed by atoms with Gasteiger partial charge in [0.15, 0.2) is 6.04 Å². The van der Waals surface area contributed by atoms with E-state index in [9.17, 15) is 4.79 Å². The molecular weight excluding hydrogens is 196 g/mol. The molecule has 1 N–H and O–H groups in total. The van der Waals surface area contributed by atoms with Crippen LogP contribution < -0.4 is 0 Å². The second kappa shape index (κ2) is 4.44. The van der Waals surface area contributed by atoms with Crippen LogP contribution in [0.4, 0.5) is 0 Å². The highest BCUT2D eigenvalue weighted by molar-refractivity contribution is 5.72. The van der Waals surface area contributed by atoms with Crippen LogP contribution >= 0.6 is 0 Å². The first-order chi connectivity index (χ1) is 6.99. The number of carbonyl (C=O) groups is 1. The molecule has 0 aliphatic rings. The molecule has 0 fully saturated rings. The molecule has 5 heteroatoms. The zero-order valence-electron chi connectivity index (χ0n) is 9.44. The molecule has 1 aromatic heterocycles. The summed E-state index contributed by atoms with van der Waals surface area (Å²) in [6.07, 6.45) is 0. The number of carboxylic acids is 1. The quantitative estimate of drug-likeness (QED) is 0.811. The highest BCUT2D eigenvalue weighted by Crippen LogP contribution is 2.16. The van der Waals surface area contributed by atoms with E-state index >= 15 is 0 Å². The lowest BCUT2D eigenvalue weighted by Gasteiger charge is -2.13. The Morgan fingerprint density at radius 3 is 2.47 bits per heavy atom. The third-order valence-electron chi connectivity index (χ3n) is 2.59. The molecule has 15 heavy (non-hydrogen) atoms. The van der Waals surface area contributed by atoms with Crippen molar-refractivity contribution in [2.24, 2.45) is 0 Å². The van der Waals surface area contributed by atoms with E-state index in [1.165, 1.54) is 11.8 Å². The summed E-state index contributed by atoms with van der Waals surface area (Å²) in [5.74, 6) is -0.928. The molecule has 0 saturated carbocycles. The first-order valence-corrected chi connectivity index (χ1v) is 4.73. The van der Waals surface area contributed by atoms with Crippen LogP contribution in [-0.4, -0.2) is 34.6 Å². The number of aryl methyl sites for hydroxylation is 1. The van der Waals surface area contributed by atoms with Crippen molar-refractivity contribution in [1.29, 1.82) is 0 Å². The van der Waals surface area contributed by atoms with Gasteiger partial charge in [-0.05, 0) is 26.3 Å². The Balaban J connectivity index is 3.11. The zero-order valence-corrected chi connectivity index (χ0v) is 9.44. The first kappa shape index (κ1) is 11.7. The van der Waals surface area contributed by atoms with Crippen LogP contribution in [0, 0.1) is 20.8 Å². The number of hydrogen-bond donors (Lipinski definition) is 1. The van der Waals surface area contributed by atoms with E-state index in [0.717, 1.165) is 17.0 Å². The molecule has 0 amide bonds. The smallest absolute Gasteiger partial charge is 0.330 e. The third-order valence-corrected chi connectivity index (χ3v) is 2.59. The van der Waals surface area contributed by atoms with E-state index in [2.05, 4.69) is 5.10 Å². The summed E-state index contributed by atoms with van der Waals surface area (Å²) in [5.41, 5.74) is 2.75. The first-order valence-electron chi connectivity index (χ1n) is 4.73. The van der Waals surface area contributed by atoms with Gasteiger partial charge in [0.25, 0.3) is 0 Å². The minimum Gasteiger partial charge on any atom is -0.480 e. The average molecular weight is 212 g/mol. The molecule has 1 aromatic rings. The van der Waals surface area contributed by atoms with Crippen molar-refractivity contribution in [1.82, 2.24) is 9.78 Å². The fourth-order valence-corrected chi connectivity index (χ4v) is 1.45. The van der Waals surface area contributed by atoms with E-state index in [1.807, 2.05) is 20.8 Å². The number of carboxylic acid groups (broad SMARTS) is 1. The van der Waals surface area contributed by atoms with Crippen LogP contribution in [0.5, 0.6) is 0 Å². The fraction of sp³-hybridized carbons (Fsp3) is 0.600. The maximum Gasteiger partial charge on any atom is 0.330 e. The van der Waals surface area contributed by atoms with Gasteiger partial charge < -0.3 is 9.84 Å². The number of aromatic nitrogens is 2. The highest BCUT2D eigenvalue weighted by atomic mass is 16.5. The molecule has 0 radical (unpaired) electrons. The minimum atomic E-state index is -0.928. The molecule has 0 aromatic carbocycles. The minimum absolute atomic E-state index is 0.122. The van der Waals surface area contributed by atoms with E-state index in [4.69, 9.17) is 9.84 Å². The van der Waals surface area contributed by atoms with Crippen LogP contribution in [0.2, 0.25) is 0 Å².